The molecule has 0 bridgehead atoms. The van der Waals surface area contributed by atoms with Crippen LogP contribution >= 0.6 is 0 Å². The summed E-state index contributed by atoms with van der Waals surface area (Å²) >= 11 is 0. The molecule has 3 N–H and O–H groups in total. The number of carboxylic acid groups (broad SMARTS) is 2. The zero-order valence-electron chi connectivity index (χ0n) is 12.6. The van der Waals surface area contributed by atoms with Gasteiger partial charge in [0, 0.05) is 19.3 Å². The molecule has 23 heavy (non-hydrogen) atoms. The summed E-state index contributed by atoms with van der Waals surface area (Å²) in [4.78, 5) is 22.5. The van der Waals surface area contributed by atoms with Gasteiger partial charge in [0.25, 0.3) is 0 Å². The number of rotatable bonds is 7. The Morgan fingerprint density at radius 3 is 2.22 bits per heavy atom. The van der Waals surface area contributed by atoms with Gasteiger partial charge in [-0.15, -0.1) is 0 Å². The molecule has 0 radical (unpaired) electrons. The van der Waals surface area contributed by atoms with Gasteiger partial charge < -0.3 is 20.3 Å². The molecule has 0 aromatic heterocycles. The van der Waals surface area contributed by atoms with Gasteiger partial charge in [-0.3, -0.25) is 0 Å². The lowest BCUT2D eigenvalue weighted by molar-refractivity contribution is 0.0652. The fraction of sp³-hybridized carbons (Fsp3) is 0.176. The van der Waals surface area contributed by atoms with Gasteiger partial charge in [0.15, 0.2) is 0 Å². The van der Waals surface area contributed by atoms with Crippen LogP contribution in [0.15, 0.2) is 42.5 Å². The quantitative estimate of drug-likeness (QED) is 0.727. The van der Waals surface area contributed by atoms with E-state index in [2.05, 4.69) is 5.32 Å². The van der Waals surface area contributed by atoms with Crippen molar-refractivity contribution in [1.29, 1.82) is 0 Å². The molecule has 0 aliphatic carbocycles. The molecular formula is C17H17NO5. The van der Waals surface area contributed by atoms with Crippen molar-refractivity contribution in [3.63, 3.8) is 0 Å². The van der Waals surface area contributed by atoms with E-state index in [9.17, 15) is 14.7 Å². The second-order valence-electron chi connectivity index (χ2n) is 4.94. The van der Waals surface area contributed by atoms with Crippen LogP contribution in [0.3, 0.4) is 0 Å². The van der Waals surface area contributed by atoms with E-state index in [4.69, 9.17) is 9.84 Å². The first-order valence-electron chi connectivity index (χ1n) is 6.93. The Morgan fingerprint density at radius 2 is 1.65 bits per heavy atom. The third-order valence-electron chi connectivity index (χ3n) is 3.33. The number of methoxy groups -OCH3 is 1. The first-order chi connectivity index (χ1) is 11.0. The molecule has 0 aliphatic rings. The molecule has 0 aliphatic heterocycles. The second-order valence-corrected chi connectivity index (χ2v) is 4.94. The van der Waals surface area contributed by atoms with E-state index in [1.54, 1.807) is 13.2 Å². The lowest BCUT2D eigenvalue weighted by atomic mass is 10.0. The van der Waals surface area contributed by atoms with E-state index in [-0.39, 0.29) is 16.8 Å². The second kappa shape index (κ2) is 7.42. The molecule has 0 fully saturated rings. The van der Waals surface area contributed by atoms with E-state index in [0.717, 1.165) is 11.1 Å². The van der Waals surface area contributed by atoms with Gasteiger partial charge in [-0.05, 0) is 23.3 Å². The Kier molecular flexibility index (Phi) is 5.32. The van der Waals surface area contributed by atoms with Crippen molar-refractivity contribution < 1.29 is 24.5 Å². The van der Waals surface area contributed by atoms with E-state index >= 15 is 0 Å². The molecule has 120 valence electrons. The third kappa shape index (κ3) is 4.08. The van der Waals surface area contributed by atoms with Crippen molar-refractivity contribution in [2.45, 2.75) is 13.2 Å². The Bertz CT molecular complexity index is 709. The molecule has 0 unspecified atom stereocenters. The van der Waals surface area contributed by atoms with Gasteiger partial charge >= 0.3 is 11.9 Å². The van der Waals surface area contributed by atoms with Crippen molar-refractivity contribution in [2.24, 2.45) is 0 Å². The molecule has 0 atom stereocenters. The van der Waals surface area contributed by atoms with E-state index in [0.29, 0.717) is 13.2 Å². The largest absolute Gasteiger partial charge is 0.478 e. The number of carboxylic acids is 2. The minimum Gasteiger partial charge on any atom is -0.478 e. The summed E-state index contributed by atoms with van der Waals surface area (Å²) in [6.07, 6.45) is 0. The Balaban J connectivity index is 2.18. The van der Waals surface area contributed by atoms with E-state index in [1.807, 2.05) is 24.3 Å². The SMILES string of the molecule is COCc1ccc(CNc2cccc(C(=O)O)c2C(=O)O)cc1. The van der Waals surface area contributed by atoms with Crippen LogP contribution in [-0.2, 0) is 17.9 Å². The zero-order chi connectivity index (χ0) is 16.8. The van der Waals surface area contributed by atoms with Crippen molar-refractivity contribution in [1.82, 2.24) is 0 Å². The van der Waals surface area contributed by atoms with Crippen LogP contribution < -0.4 is 5.32 Å². The van der Waals surface area contributed by atoms with Gasteiger partial charge in [0.1, 0.15) is 0 Å². The maximum absolute atomic E-state index is 11.4. The lowest BCUT2D eigenvalue weighted by Gasteiger charge is -2.12. The number of hydrogen-bond donors (Lipinski definition) is 3. The number of aromatic carboxylic acids is 2. The number of carbonyl (C=O) groups is 2. The number of ether oxygens (including phenoxy) is 1. The summed E-state index contributed by atoms with van der Waals surface area (Å²) in [6.45, 7) is 0.911. The average Bonchev–Trinajstić information content (AvgIpc) is 2.54. The van der Waals surface area contributed by atoms with Crippen molar-refractivity contribution >= 4 is 17.6 Å². The van der Waals surface area contributed by atoms with Gasteiger partial charge in [-0.1, -0.05) is 30.3 Å². The fourth-order valence-electron chi connectivity index (χ4n) is 2.23. The first-order valence-corrected chi connectivity index (χ1v) is 6.93. The highest BCUT2D eigenvalue weighted by Crippen LogP contribution is 2.21. The van der Waals surface area contributed by atoms with Gasteiger partial charge in [-0.2, -0.15) is 0 Å². The molecule has 2 rings (SSSR count). The van der Waals surface area contributed by atoms with Gasteiger partial charge in [0.2, 0.25) is 0 Å². The van der Waals surface area contributed by atoms with Crippen LogP contribution in [-0.4, -0.2) is 29.3 Å². The highest BCUT2D eigenvalue weighted by atomic mass is 16.5. The molecule has 2 aromatic carbocycles. The molecule has 6 heteroatoms. The predicted octanol–water partition coefficient (Wildman–Crippen LogP) is 2.84. The lowest BCUT2D eigenvalue weighted by Crippen LogP contribution is -2.12. The fourth-order valence-corrected chi connectivity index (χ4v) is 2.23. The highest BCUT2D eigenvalue weighted by molar-refractivity contribution is 6.05. The number of hydrogen-bond acceptors (Lipinski definition) is 4. The maximum atomic E-state index is 11.4. The molecule has 2 aromatic rings. The number of nitrogens with one attached hydrogen (secondary N) is 1. The van der Waals surface area contributed by atoms with E-state index < -0.39 is 11.9 Å². The van der Waals surface area contributed by atoms with Crippen molar-refractivity contribution in [3.05, 3.63) is 64.7 Å². The van der Waals surface area contributed by atoms with E-state index in [1.165, 1.54) is 12.1 Å². The minimum absolute atomic E-state index is 0.238. The maximum Gasteiger partial charge on any atom is 0.338 e. The Labute approximate surface area is 133 Å². The van der Waals surface area contributed by atoms with Crippen molar-refractivity contribution in [2.75, 3.05) is 12.4 Å². The summed E-state index contributed by atoms with van der Waals surface area (Å²) < 4.78 is 5.04. The normalized spacial score (nSPS) is 10.3. The van der Waals surface area contributed by atoms with Crippen LogP contribution in [0, 0.1) is 0 Å². The molecule has 0 saturated heterocycles. The zero-order valence-corrected chi connectivity index (χ0v) is 12.6. The summed E-state index contributed by atoms with van der Waals surface area (Å²) in [5.74, 6) is -2.55. The summed E-state index contributed by atoms with van der Waals surface area (Å²) in [7, 11) is 1.62. The molecule has 0 saturated carbocycles. The van der Waals surface area contributed by atoms with Crippen LogP contribution in [0.4, 0.5) is 5.69 Å². The molecule has 0 heterocycles. The average molecular weight is 315 g/mol. The Morgan fingerprint density at radius 1 is 1.00 bits per heavy atom. The standard InChI is InChI=1S/C17H17NO5/c1-23-10-12-7-5-11(6-8-12)9-18-14-4-2-3-13(16(19)20)15(14)17(21)22/h2-8,18H,9-10H2,1H3,(H,19,20)(H,21,22). The minimum atomic E-state index is -1.28. The topological polar surface area (TPSA) is 95.9 Å². The van der Waals surface area contributed by atoms with Crippen LogP contribution in [0.5, 0.6) is 0 Å². The van der Waals surface area contributed by atoms with Crippen LogP contribution in [0.1, 0.15) is 31.8 Å². The smallest absolute Gasteiger partial charge is 0.338 e. The monoisotopic (exact) mass is 315 g/mol. The predicted molar refractivity (Wildman–Crippen MR) is 84.8 cm³/mol. The van der Waals surface area contributed by atoms with Gasteiger partial charge in [-0.25, -0.2) is 9.59 Å². The molecule has 6 nitrogen and oxygen atoms in total. The highest BCUT2D eigenvalue weighted by Gasteiger charge is 2.19. The Hall–Kier alpha value is -2.86. The summed E-state index contributed by atoms with van der Waals surface area (Å²) in [5.41, 5.74) is 1.78. The summed E-state index contributed by atoms with van der Waals surface area (Å²) in [6, 6.07) is 12.0. The van der Waals surface area contributed by atoms with Crippen molar-refractivity contribution in [3.8, 4) is 0 Å². The third-order valence-corrected chi connectivity index (χ3v) is 3.33. The van der Waals surface area contributed by atoms with Crippen LogP contribution in [0.2, 0.25) is 0 Å². The molecular weight excluding hydrogens is 298 g/mol. The number of anilines is 1. The first kappa shape index (κ1) is 16.5. The number of benzene rings is 2. The molecule has 0 spiro atoms. The van der Waals surface area contributed by atoms with Gasteiger partial charge in [0.05, 0.1) is 17.7 Å². The molecule has 0 amide bonds. The van der Waals surface area contributed by atoms with Crippen LogP contribution in [0.25, 0.3) is 0 Å². The summed E-state index contributed by atoms with van der Waals surface area (Å²) in [5, 5.41) is 21.4.